The highest BCUT2D eigenvalue weighted by Crippen LogP contribution is 2.16. The van der Waals surface area contributed by atoms with Gasteiger partial charge in [0.2, 0.25) is 5.91 Å². The number of nitrogens with zero attached hydrogens (tertiary/aromatic N) is 1. The minimum Gasteiger partial charge on any atom is -0.332 e. The Balaban J connectivity index is 4.24. The SMILES string of the molecule is C=CCNCC(=O)N(CCCC)CC(F)(F)F. The van der Waals surface area contributed by atoms with Crippen LogP contribution in [0.15, 0.2) is 12.7 Å². The fourth-order valence-electron chi connectivity index (χ4n) is 1.25. The van der Waals surface area contributed by atoms with Gasteiger partial charge in [-0.3, -0.25) is 4.79 Å². The van der Waals surface area contributed by atoms with Crippen molar-refractivity contribution in [2.75, 3.05) is 26.2 Å². The van der Waals surface area contributed by atoms with Crippen molar-refractivity contribution >= 4 is 5.91 Å². The highest BCUT2D eigenvalue weighted by molar-refractivity contribution is 5.78. The molecule has 0 saturated heterocycles. The Morgan fingerprint density at radius 3 is 2.59 bits per heavy atom. The van der Waals surface area contributed by atoms with Crippen molar-refractivity contribution in [1.82, 2.24) is 10.2 Å². The summed E-state index contributed by atoms with van der Waals surface area (Å²) in [5.41, 5.74) is 0. The molecule has 0 heterocycles. The lowest BCUT2D eigenvalue weighted by Crippen LogP contribution is -2.43. The van der Waals surface area contributed by atoms with Gasteiger partial charge in [-0.2, -0.15) is 13.2 Å². The van der Waals surface area contributed by atoms with Crippen LogP contribution in [0.3, 0.4) is 0 Å². The summed E-state index contributed by atoms with van der Waals surface area (Å²) in [6.07, 6.45) is -1.47. The molecule has 0 saturated carbocycles. The largest absolute Gasteiger partial charge is 0.406 e. The van der Waals surface area contributed by atoms with E-state index in [9.17, 15) is 18.0 Å². The van der Waals surface area contributed by atoms with Crippen molar-refractivity contribution in [3.8, 4) is 0 Å². The first-order valence-corrected chi connectivity index (χ1v) is 5.56. The summed E-state index contributed by atoms with van der Waals surface area (Å²) < 4.78 is 36.8. The number of hydrogen-bond acceptors (Lipinski definition) is 2. The Morgan fingerprint density at radius 1 is 1.47 bits per heavy atom. The highest BCUT2D eigenvalue weighted by atomic mass is 19.4. The lowest BCUT2D eigenvalue weighted by molar-refractivity contribution is -0.160. The normalized spacial score (nSPS) is 11.3. The van der Waals surface area contributed by atoms with E-state index in [1.165, 1.54) is 0 Å². The number of carbonyl (C=O) groups is 1. The summed E-state index contributed by atoms with van der Waals surface area (Å²) in [5, 5.41) is 2.70. The van der Waals surface area contributed by atoms with Gasteiger partial charge in [0, 0.05) is 13.1 Å². The van der Waals surface area contributed by atoms with Gasteiger partial charge in [0.1, 0.15) is 6.54 Å². The third-order valence-electron chi connectivity index (χ3n) is 2.07. The van der Waals surface area contributed by atoms with Gasteiger partial charge in [0.25, 0.3) is 0 Å². The zero-order chi connectivity index (χ0) is 13.3. The lowest BCUT2D eigenvalue weighted by Gasteiger charge is -2.23. The van der Waals surface area contributed by atoms with Gasteiger partial charge in [0.05, 0.1) is 6.54 Å². The fraction of sp³-hybridized carbons (Fsp3) is 0.727. The van der Waals surface area contributed by atoms with Crippen LogP contribution in [0.4, 0.5) is 13.2 Å². The smallest absolute Gasteiger partial charge is 0.332 e. The summed E-state index contributed by atoms with van der Waals surface area (Å²) in [5.74, 6) is -0.530. The zero-order valence-electron chi connectivity index (χ0n) is 10.0. The molecule has 0 aliphatic rings. The van der Waals surface area contributed by atoms with Gasteiger partial charge in [-0.05, 0) is 6.42 Å². The third kappa shape index (κ3) is 8.74. The maximum Gasteiger partial charge on any atom is 0.406 e. The number of hydrogen-bond donors (Lipinski definition) is 1. The van der Waals surface area contributed by atoms with E-state index >= 15 is 0 Å². The minimum absolute atomic E-state index is 0.0915. The van der Waals surface area contributed by atoms with Crippen LogP contribution < -0.4 is 5.32 Å². The van der Waals surface area contributed by atoms with Gasteiger partial charge in [-0.15, -0.1) is 6.58 Å². The molecular formula is C11H19F3N2O. The Kier molecular flexibility index (Phi) is 7.61. The molecule has 0 unspecified atom stereocenters. The van der Waals surface area contributed by atoms with E-state index in [0.29, 0.717) is 13.0 Å². The van der Waals surface area contributed by atoms with E-state index in [1.807, 2.05) is 6.92 Å². The van der Waals surface area contributed by atoms with Crippen LogP contribution in [0.1, 0.15) is 19.8 Å². The second-order valence-electron chi connectivity index (χ2n) is 3.70. The fourth-order valence-corrected chi connectivity index (χ4v) is 1.25. The average molecular weight is 252 g/mol. The first-order chi connectivity index (χ1) is 7.90. The molecule has 6 heteroatoms. The molecule has 0 fully saturated rings. The van der Waals surface area contributed by atoms with Crippen molar-refractivity contribution in [3.63, 3.8) is 0 Å². The number of nitrogens with one attached hydrogen (secondary N) is 1. The molecule has 0 aromatic carbocycles. The molecule has 3 nitrogen and oxygen atoms in total. The molecule has 0 aromatic rings. The van der Waals surface area contributed by atoms with Crippen LogP contribution in [-0.4, -0.2) is 43.2 Å². The van der Waals surface area contributed by atoms with Crippen LogP contribution in [0.5, 0.6) is 0 Å². The summed E-state index contributed by atoms with van der Waals surface area (Å²) in [6, 6.07) is 0. The van der Waals surface area contributed by atoms with Gasteiger partial charge in [-0.25, -0.2) is 0 Å². The van der Waals surface area contributed by atoms with Gasteiger partial charge < -0.3 is 10.2 Å². The molecule has 1 amide bonds. The maximum atomic E-state index is 12.3. The van der Waals surface area contributed by atoms with Crippen molar-refractivity contribution in [2.24, 2.45) is 0 Å². The molecule has 17 heavy (non-hydrogen) atoms. The minimum atomic E-state index is -4.35. The molecule has 0 spiro atoms. The number of amides is 1. The average Bonchev–Trinajstić information content (AvgIpc) is 2.22. The zero-order valence-corrected chi connectivity index (χ0v) is 10.0. The van der Waals surface area contributed by atoms with Crippen molar-refractivity contribution < 1.29 is 18.0 Å². The molecule has 0 atom stereocenters. The molecule has 1 N–H and O–H groups in total. The van der Waals surface area contributed by atoms with E-state index in [-0.39, 0.29) is 13.1 Å². The van der Waals surface area contributed by atoms with Crippen molar-refractivity contribution in [1.29, 1.82) is 0 Å². The molecular weight excluding hydrogens is 233 g/mol. The van der Waals surface area contributed by atoms with E-state index in [2.05, 4.69) is 11.9 Å². The van der Waals surface area contributed by atoms with E-state index in [0.717, 1.165) is 11.3 Å². The Bertz CT molecular complexity index is 241. The highest BCUT2D eigenvalue weighted by Gasteiger charge is 2.32. The monoisotopic (exact) mass is 252 g/mol. The molecule has 100 valence electrons. The van der Waals surface area contributed by atoms with Crippen molar-refractivity contribution in [3.05, 3.63) is 12.7 Å². The number of carbonyl (C=O) groups excluding carboxylic acids is 1. The topological polar surface area (TPSA) is 32.3 Å². The molecule has 0 bridgehead atoms. The van der Waals surface area contributed by atoms with Crippen LogP contribution in [-0.2, 0) is 4.79 Å². The predicted octanol–water partition coefficient (Wildman–Crippen LogP) is 1.95. The summed E-state index contributed by atoms with van der Waals surface area (Å²) in [6.45, 7) is 4.59. The van der Waals surface area contributed by atoms with Crippen LogP contribution >= 0.6 is 0 Å². The van der Waals surface area contributed by atoms with Gasteiger partial charge in [0.15, 0.2) is 0 Å². The van der Waals surface area contributed by atoms with E-state index in [1.54, 1.807) is 6.08 Å². The Morgan fingerprint density at radius 2 is 2.12 bits per heavy atom. The third-order valence-corrected chi connectivity index (χ3v) is 2.07. The first kappa shape index (κ1) is 16.0. The van der Waals surface area contributed by atoms with Gasteiger partial charge >= 0.3 is 6.18 Å². The quantitative estimate of drug-likeness (QED) is 0.529. The van der Waals surface area contributed by atoms with E-state index < -0.39 is 18.6 Å². The first-order valence-electron chi connectivity index (χ1n) is 5.56. The Hall–Kier alpha value is -1.04. The summed E-state index contributed by atoms with van der Waals surface area (Å²) >= 11 is 0. The second-order valence-corrected chi connectivity index (χ2v) is 3.70. The summed E-state index contributed by atoms with van der Waals surface area (Å²) in [7, 11) is 0. The Labute approximate surface area is 99.7 Å². The predicted molar refractivity (Wildman–Crippen MR) is 60.6 cm³/mol. The van der Waals surface area contributed by atoms with Crippen molar-refractivity contribution in [2.45, 2.75) is 25.9 Å². The lowest BCUT2D eigenvalue weighted by atomic mass is 10.3. The molecule has 0 rings (SSSR count). The van der Waals surface area contributed by atoms with Crippen LogP contribution in [0.2, 0.25) is 0 Å². The standard InChI is InChI=1S/C11H19F3N2O/c1-3-5-7-16(9-11(12,13)14)10(17)8-15-6-4-2/h4,15H,2-3,5-9H2,1H3. The van der Waals surface area contributed by atoms with Crippen LogP contribution in [0, 0.1) is 0 Å². The maximum absolute atomic E-state index is 12.3. The molecule has 0 aromatic heterocycles. The number of halogens is 3. The second kappa shape index (κ2) is 8.11. The number of unbranched alkanes of at least 4 members (excludes halogenated alkanes) is 1. The number of rotatable bonds is 8. The van der Waals surface area contributed by atoms with Gasteiger partial charge in [-0.1, -0.05) is 19.4 Å². The van der Waals surface area contributed by atoms with Crippen LogP contribution in [0.25, 0.3) is 0 Å². The molecule has 0 radical (unpaired) electrons. The van der Waals surface area contributed by atoms with E-state index in [4.69, 9.17) is 0 Å². The molecule has 0 aliphatic heterocycles. The summed E-state index contributed by atoms with van der Waals surface area (Å²) in [4.78, 5) is 12.4. The number of alkyl halides is 3. The molecule has 0 aliphatic carbocycles.